The SMILES string of the molecule is CC(C)c1nc2c(c(I)c1C(O)c1ccc(C(C)(C)C#N)cc1)C(O[Si](C)(C)C(C)(C)C)CC(C)(C)C2. The first-order chi connectivity index (χ1) is 16.8. The van der Waals surface area contributed by atoms with Gasteiger partial charge < -0.3 is 9.53 Å². The fourth-order valence-electron chi connectivity index (χ4n) is 4.89. The van der Waals surface area contributed by atoms with Crippen molar-refractivity contribution in [2.24, 2.45) is 5.41 Å². The Morgan fingerprint density at radius 1 is 1.14 bits per heavy atom. The molecule has 1 aromatic heterocycles. The summed E-state index contributed by atoms with van der Waals surface area (Å²) in [4.78, 5) is 5.26. The van der Waals surface area contributed by atoms with Crippen molar-refractivity contribution in [3.8, 4) is 6.07 Å². The molecule has 0 aliphatic heterocycles. The Morgan fingerprint density at radius 2 is 1.70 bits per heavy atom. The Morgan fingerprint density at radius 3 is 2.19 bits per heavy atom. The van der Waals surface area contributed by atoms with Gasteiger partial charge in [0.1, 0.15) is 6.10 Å². The second-order valence-electron chi connectivity index (χ2n) is 13.9. The highest BCUT2D eigenvalue weighted by Gasteiger charge is 2.44. The summed E-state index contributed by atoms with van der Waals surface area (Å²) in [6, 6.07) is 10.2. The third-order valence-electron chi connectivity index (χ3n) is 8.31. The van der Waals surface area contributed by atoms with Crippen molar-refractivity contribution in [1.82, 2.24) is 4.98 Å². The molecule has 2 unspecified atom stereocenters. The Bertz CT molecular complexity index is 1190. The summed E-state index contributed by atoms with van der Waals surface area (Å²) in [7, 11) is -2.04. The second-order valence-corrected chi connectivity index (χ2v) is 19.7. The van der Waals surface area contributed by atoms with Gasteiger partial charge in [0.05, 0.1) is 23.3 Å². The fourth-order valence-corrected chi connectivity index (χ4v) is 7.38. The molecule has 0 saturated carbocycles. The van der Waals surface area contributed by atoms with Crippen LogP contribution in [0.15, 0.2) is 24.3 Å². The standard InChI is InChI=1S/C31H45IN2O2Si/c1-19(2)27-25(28(35)20-12-14-21(15-13-20)31(8,9)18-33)26(32)24-22(34-27)16-30(6,7)17-23(24)36-37(10,11)29(3,4)5/h12-15,19,23,28,35H,16-17H2,1-11H3. The van der Waals surface area contributed by atoms with Crippen LogP contribution < -0.4 is 0 Å². The van der Waals surface area contributed by atoms with E-state index in [4.69, 9.17) is 9.41 Å². The zero-order valence-electron chi connectivity index (χ0n) is 24.6. The van der Waals surface area contributed by atoms with Crippen LogP contribution in [0, 0.1) is 20.3 Å². The zero-order valence-corrected chi connectivity index (χ0v) is 27.7. The van der Waals surface area contributed by atoms with Gasteiger partial charge in [-0.3, -0.25) is 4.98 Å². The van der Waals surface area contributed by atoms with Crippen molar-refractivity contribution in [3.63, 3.8) is 0 Å². The van der Waals surface area contributed by atoms with Gasteiger partial charge in [0.15, 0.2) is 8.32 Å². The summed E-state index contributed by atoms with van der Waals surface area (Å²) in [5.74, 6) is 0.171. The largest absolute Gasteiger partial charge is 0.410 e. The van der Waals surface area contributed by atoms with Crippen LogP contribution >= 0.6 is 22.6 Å². The van der Waals surface area contributed by atoms with E-state index in [2.05, 4.69) is 90.2 Å². The van der Waals surface area contributed by atoms with Gasteiger partial charge in [-0.2, -0.15) is 5.26 Å². The molecule has 2 aromatic rings. The summed E-state index contributed by atoms with van der Waals surface area (Å²) in [5, 5.41) is 21.4. The van der Waals surface area contributed by atoms with Crippen molar-refractivity contribution in [2.75, 3.05) is 0 Å². The van der Waals surface area contributed by atoms with Gasteiger partial charge in [0.2, 0.25) is 0 Å². The van der Waals surface area contributed by atoms with Crippen molar-refractivity contribution in [1.29, 1.82) is 5.26 Å². The number of aromatic nitrogens is 1. The van der Waals surface area contributed by atoms with E-state index in [1.165, 1.54) is 5.56 Å². The second kappa shape index (κ2) is 10.4. The Kier molecular flexibility index (Phi) is 8.48. The van der Waals surface area contributed by atoms with Crippen LogP contribution in [0.3, 0.4) is 0 Å². The molecule has 1 aliphatic carbocycles. The maximum atomic E-state index is 11.8. The highest BCUT2D eigenvalue weighted by Crippen LogP contribution is 2.50. The average Bonchev–Trinajstić information content (AvgIpc) is 2.76. The molecule has 6 heteroatoms. The summed E-state index contributed by atoms with van der Waals surface area (Å²) in [5.41, 5.74) is 5.42. The first kappa shape index (κ1) is 30.3. The van der Waals surface area contributed by atoms with Gasteiger partial charge in [0.25, 0.3) is 0 Å². The maximum absolute atomic E-state index is 11.8. The number of hydrogen-bond acceptors (Lipinski definition) is 4. The monoisotopic (exact) mass is 632 g/mol. The predicted molar refractivity (Wildman–Crippen MR) is 163 cm³/mol. The van der Waals surface area contributed by atoms with Crippen LogP contribution in [0.5, 0.6) is 0 Å². The van der Waals surface area contributed by atoms with Gasteiger partial charge in [0, 0.05) is 20.4 Å². The summed E-state index contributed by atoms with van der Waals surface area (Å²) in [6.07, 6.45) is 1.01. The number of benzene rings is 1. The van der Waals surface area contributed by atoms with Crippen LogP contribution in [0.2, 0.25) is 18.1 Å². The minimum absolute atomic E-state index is 0.0370. The maximum Gasteiger partial charge on any atom is 0.192 e. The minimum atomic E-state index is -2.04. The molecule has 3 rings (SSSR count). The fraction of sp³-hybridized carbons (Fsp3) is 0.613. The van der Waals surface area contributed by atoms with Crippen molar-refractivity contribution < 1.29 is 9.53 Å². The normalized spacial score (nSPS) is 18.9. The number of aliphatic hydroxyl groups is 1. The molecule has 0 amide bonds. The molecule has 1 N–H and O–H groups in total. The van der Waals surface area contributed by atoms with E-state index in [0.29, 0.717) is 0 Å². The number of halogens is 1. The van der Waals surface area contributed by atoms with Crippen LogP contribution in [-0.2, 0) is 16.3 Å². The molecule has 2 atom stereocenters. The molecule has 202 valence electrons. The van der Waals surface area contributed by atoms with E-state index < -0.39 is 19.8 Å². The van der Waals surface area contributed by atoms with Gasteiger partial charge in [-0.15, -0.1) is 0 Å². The third kappa shape index (κ3) is 6.16. The van der Waals surface area contributed by atoms with E-state index in [1.807, 2.05) is 38.1 Å². The van der Waals surface area contributed by atoms with Gasteiger partial charge >= 0.3 is 0 Å². The van der Waals surface area contributed by atoms with E-state index in [1.54, 1.807) is 0 Å². The summed E-state index contributed by atoms with van der Waals surface area (Å²) < 4.78 is 8.16. The quantitative estimate of drug-likeness (QED) is 0.256. The summed E-state index contributed by atoms with van der Waals surface area (Å²) >= 11 is 2.44. The lowest BCUT2D eigenvalue weighted by atomic mass is 9.74. The Labute approximate surface area is 239 Å². The molecule has 0 bridgehead atoms. The zero-order chi connectivity index (χ0) is 28.1. The van der Waals surface area contributed by atoms with Gasteiger partial charge in [-0.1, -0.05) is 72.7 Å². The predicted octanol–water partition coefficient (Wildman–Crippen LogP) is 8.73. The van der Waals surface area contributed by atoms with E-state index in [0.717, 1.165) is 44.5 Å². The van der Waals surface area contributed by atoms with E-state index in [-0.39, 0.29) is 22.5 Å². The number of rotatable bonds is 6. The van der Waals surface area contributed by atoms with Crippen LogP contribution in [0.4, 0.5) is 0 Å². The molecular weight excluding hydrogens is 587 g/mol. The number of pyridine rings is 1. The molecule has 0 spiro atoms. The molecule has 37 heavy (non-hydrogen) atoms. The van der Waals surface area contributed by atoms with Crippen LogP contribution in [-0.4, -0.2) is 18.4 Å². The number of hydrogen-bond donors (Lipinski definition) is 1. The smallest absolute Gasteiger partial charge is 0.192 e. The number of aliphatic hydroxyl groups excluding tert-OH is 1. The van der Waals surface area contributed by atoms with E-state index >= 15 is 0 Å². The summed E-state index contributed by atoms with van der Waals surface area (Å²) in [6.45, 7) is 24.2. The van der Waals surface area contributed by atoms with Crippen LogP contribution in [0.1, 0.15) is 121 Å². The molecule has 1 heterocycles. The lowest BCUT2D eigenvalue weighted by molar-refractivity contribution is 0.104. The molecule has 0 radical (unpaired) electrons. The van der Waals surface area contributed by atoms with Crippen molar-refractivity contribution in [2.45, 2.75) is 117 Å². The molecular formula is C31H45IN2O2Si. The lowest BCUT2D eigenvalue weighted by Crippen LogP contribution is -2.44. The minimum Gasteiger partial charge on any atom is -0.410 e. The first-order valence-electron chi connectivity index (χ1n) is 13.4. The molecule has 0 fully saturated rings. The van der Waals surface area contributed by atoms with Gasteiger partial charge in [-0.05, 0) is 89.9 Å². The number of nitrogens with zero attached hydrogens (tertiary/aromatic N) is 2. The third-order valence-corrected chi connectivity index (χ3v) is 14.0. The molecule has 0 saturated heterocycles. The Balaban J connectivity index is 2.18. The highest BCUT2D eigenvalue weighted by molar-refractivity contribution is 14.1. The molecule has 1 aliphatic rings. The van der Waals surface area contributed by atoms with Gasteiger partial charge in [-0.25, -0.2) is 0 Å². The lowest BCUT2D eigenvalue weighted by Gasteiger charge is -2.44. The average molecular weight is 633 g/mol. The van der Waals surface area contributed by atoms with E-state index in [9.17, 15) is 10.4 Å². The topological polar surface area (TPSA) is 66.1 Å². The molecule has 1 aromatic carbocycles. The van der Waals surface area contributed by atoms with Crippen LogP contribution in [0.25, 0.3) is 0 Å². The van der Waals surface area contributed by atoms with Crippen molar-refractivity contribution >= 4 is 30.9 Å². The van der Waals surface area contributed by atoms with Crippen molar-refractivity contribution in [3.05, 3.63) is 61.5 Å². The first-order valence-corrected chi connectivity index (χ1v) is 17.4. The highest BCUT2D eigenvalue weighted by atomic mass is 127. The number of fused-ring (bicyclic) bond motifs is 1. The number of nitriles is 1. The molecule has 4 nitrogen and oxygen atoms in total. The Hall–Kier alpha value is -1.27.